The smallest absolute Gasteiger partial charge is 0.193 e. The van der Waals surface area contributed by atoms with Gasteiger partial charge in [-0.05, 0) is 24.7 Å². The first-order valence-corrected chi connectivity index (χ1v) is 7.72. The van der Waals surface area contributed by atoms with Gasteiger partial charge < -0.3 is 15.0 Å². The fourth-order valence-corrected chi connectivity index (χ4v) is 4.30. The Morgan fingerprint density at radius 1 is 1.21 bits per heavy atom. The van der Waals surface area contributed by atoms with Gasteiger partial charge in [0, 0.05) is 38.0 Å². The summed E-state index contributed by atoms with van der Waals surface area (Å²) in [4.78, 5) is 6.97. The maximum absolute atomic E-state index is 6.04. The average Bonchev–Trinajstić information content (AvgIpc) is 2.87. The van der Waals surface area contributed by atoms with Crippen LogP contribution in [-0.2, 0) is 4.74 Å². The summed E-state index contributed by atoms with van der Waals surface area (Å²) < 4.78 is 6.04. The minimum atomic E-state index is 0.452. The molecule has 4 aliphatic rings. The van der Waals surface area contributed by atoms with Crippen molar-refractivity contribution < 1.29 is 4.74 Å². The molecule has 3 saturated heterocycles. The van der Waals surface area contributed by atoms with Crippen LogP contribution < -0.4 is 5.32 Å². The van der Waals surface area contributed by atoms with Crippen molar-refractivity contribution in [2.45, 2.75) is 51.4 Å². The van der Waals surface area contributed by atoms with E-state index in [0.29, 0.717) is 23.7 Å². The number of hydrogen-bond donors (Lipinski definition) is 1. The lowest BCUT2D eigenvalue weighted by molar-refractivity contribution is 0.0767. The van der Waals surface area contributed by atoms with Crippen LogP contribution in [0.3, 0.4) is 0 Å². The van der Waals surface area contributed by atoms with Gasteiger partial charge in [0.15, 0.2) is 5.96 Å². The molecule has 3 aliphatic heterocycles. The van der Waals surface area contributed by atoms with Crippen LogP contribution in [-0.4, -0.2) is 49.2 Å². The van der Waals surface area contributed by atoms with Crippen molar-refractivity contribution in [2.75, 3.05) is 20.1 Å². The highest BCUT2D eigenvalue weighted by Gasteiger charge is 2.54. The van der Waals surface area contributed by atoms with Crippen LogP contribution in [0.1, 0.15) is 33.1 Å². The van der Waals surface area contributed by atoms with Crippen LogP contribution in [0.4, 0.5) is 0 Å². The van der Waals surface area contributed by atoms with Gasteiger partial charge in [0.05, 0.1) is 12.2 Å². The molecule has 106 valence electrons. The molecule has 1 saturated carbocycles. The van der Waals surface area contributed by atoms with Crippen molar-refractivity contribution in [3.8, 4) is 0 Å². The number of rotatable bonds is 1. The van der Waals surface area contributed by atoms with Gasteiger partial charge in [0.1, 0.15) is 0 Å². The molecule has 0 amide bonds. The van der Waals surface area contributed by atoms with Crippen LogP contribution in [0, 0.1) is 17.3 Å². The van der Waals surface area contributed by atoms with Gasteiger partial charge in [-0.15, -0.1) is 0 Å². The zero-order valence-electron chi connectivity index (χ0n) is 12.2. The second kappa shape index (κ2) is 3.87. The van der Waals surface area contributed by atoms with Crippen LogP contribution in [0.2, 0.25) is 0 Å². The maximum atomic E-state index is 6.04. The Morgan fingerprint density at radius 3 is 2.26 bits per heavy atom. The predicted molar refractivity (Wildman–Crippen MR) is 75.1 cm³/mol. The molecule has 0 aromatic heterocycles. The fourth-order valence-electron chi connectivity index (χ4n) is 4.30. The van der Waals surface area contributed by atoms with Crippen LogP contribution in [0.5, 0.6) is 0 Å². The molecule has 4 nitrogen and oxygen atoms in total. The van der Waals surface area contributed by atoms with E-state index in [1.54, 1.807) is 0 Å². The standard InChI is InChI=1S/C15H25N3O/c1-15(2)6-13(15)17-14(16-3)18-7-9-10(8-18)12-5-4-11(9)19-12/h9-13H,4-8H2,1-3H3,(H,16,17). The van der Waals surface area contributed by atoms with E-state index >= 15 is 0 Å². The predicted octanol–water partition coefficient (Wildman–Crippen LogP) is 1.47. The lowest BCUT2D eigenvalue weighted by Crippen LogP contribution is -2.43. The van der Waals surface area contributed by atoms with Crippen molar-refractivity contribution in [2.24, 2.45) is 22.2 Å². The minimum Gasteiger partial charge on any atom is -0.374 e. The normalized spacial score (nSPS) is 46.6. The number of fused-ring (bicyclic) bond motifs is 5. The van der Waals surface area contributed by atoms with Crippen LogP contribution >= 0.6 is 0 Å². The van der Waals surface area contributed by atoms with Gasteiger partial charge in [-0.2, -0.15) is 0 Å². The Bertz CT molecular complexity index is 402. The van der Waals surface area contributed by atoms with Gasteiger partial charge in [-0.25, -0.2) is 0 Å². The molecule has 0 aromatic rings. The summed E-state index contributed by atoms with van der Waals surface area (Å²) in [7, 11) is 1.91. The molecule has 4 heteroatoms. The zero-order chi connectivity index (χ0) is 13.2. The first-order valence-electron chi connectivity index (χ1n) is 7.72. The van der Waals surface area contributed by atoms with Crippen molar-refractivity contribution in [1.29, 1.82) is 0 Å². The van der Waals surface area contributed by atoms with E-state index in [1.165, 1.54) is 19.3 Å². The first kappa shape index (κ1) is 12.0. The SMILES string of the molecule is CN=C(NC1CC1(C)C)N1CC2C3CCC(O3)C2C1. The number of likely N-dealkylation sites (tertiary alicyclic amines) is 1. The van der Waals surface area contributed by atoms with E-state index < -0.39 is 0 Å². The summed E-state index contributed by atoms with van der Waals surface area (Å²) in [5, 5.41) is 3.65. The largest absolute Gasteiger partial charge is 0.374 e. The molecule has 1 aliphatic carbocycles. The number of ether oxygens (including phenoxy) is 1. The highest BCUT2D eigenvalue weighted by molar-refractivity contribution is 5.81. The number of hydrogen-bond acceptors (Lipinski definition) is 2. The lowest BCUT2D eigenvalue weighted by atomic mass is 9.82. The van der Waals surface area contributed by atoms with Crippen molar-refractivity contribution in [1.82, 2.24) is 10.2 Å². The molecule has 2 bridgehead atoms. The van der Waals surface area contributed by atoms with Crippen molar-refractivity contribution in [3.63, 3.8) is 0 Å². The molecule has 0 radical (unpaired) electrons. The third kappa shape index (κ3) is 1.79. The van der Waals surface area contributed by atoms with Crippen LogP contribution in [0.25, 0.3) is 0 Å². The molecule has 4 rings (SSSR count). The molecule has 4 fully saturated rings. The van der Waals surface area contributed by atoms with E-state index in [2.05, 4.69) is 29.1 Å². The molecule has 19 heavy (non-hydrogen) atoms. The number of aliphatic imine (C=N–C) groups is 1. The third-order valence-electron chi connectivity index (χ3n) is 5.78. The van der Waals surface area contributed by atoms with Gasteiger partial charge in [-0.1, -0.05) is 13.8 Å². The summed E-state index contributed by atoms with van der Waals surface area (Å²) >= 11 is 0. The summed E-state index contributed by atoms with van der Waals surface area (Å²) in [6, 6.07) is 0.611. The molecule has 5 atom stereocenters. The number of guanidine groups is 1. The van der Waals surface area contributed by atoms with E-state index in [1.807, 2.05) is 7.05 Å². The summed E-state index contributed by atoms with van der Waals surface area (Å²) in [6.45, 7) is 6.92. The highest BCUT2D eigenvalue weighted by Crippen LogP contribution is 2.48. The Hall–Kier alpha value is -0.770. The summed E-state index contributed by atoms with van der Waals surface area (Å²) in [6.07, 6.45) is 4.90. The molecule has 3 heterocycles. The number of nitrogens with zero attached hydrogens (tertiary/aromatic N) is 2. The van der Waals surface area contributed by atoms with E-state index in [-0.39, 0.29) is 0 Å². The van der Waals surface area contributed by atoms with E-state index in [9.17, 15) is 0 Å². The Morgan fingerprint density at radius 2 is 1.79 bits per heavy atom. The summed E-state index contributed by atoms with van der Waals surface area (Å²) in [5.41, 5.74) is 0.452. The van der Waals surface area contributed by atoms with Gasteiger partial charge in [0.2, 0.25) is 0 Å². The zero-order valence-corrected chi connectivity index (χ0v) is 12.2. The van der Waals surface area contributed by atoms with Gasteiger partial charge in [0.25, 0.3) is 0 Å². The van der Waals surface area contributed by atoms with E-state index in [0.717, 1.165) is 30.9 Å². The van der Waals surface area contributed by atoms with Crippen molar-refractivity contribution in [3.05, 3.63) is 0 Å². The first-order chi connectivity index (χ1) is 9.08. The van der Waals surface area contributed by atoms with Crippen molar-refractivity contribution >= 4 is 5.96 Å². The molecule has 0 aromatic carbocycles. The molecule has 0 spiro atoms. The topological polar surface area (TPSA) is 36.9 Å². The highest BCUT2D eigenvalue weighted by atomic mass is 16.5. The van der Waals surface area contributed by atoms with Crippen LogP contribution in [0.15, 0.2) is 4.99 Å². The molecule has 1 N–H and O–H groups in total. The maximum Gasteiger partial charge on any atom is 0.193 e. The van der Waals surface area contributed by atoms with E-state index in [4.69, 9.17) is 4.74 Å². The number of nitrogens with one attached hydrogen (secondary N) is 1. The molecular formula is C15H25N3O. The second-order valence-corrected chi connectivity index (χ2v) is 7.46. The second-order valence-electron chi connectivity index (χ2n) is 7.46. The fraction of sp³-hybridized carbons (Fsp3) is 0.933. The summed E-state index contributed by atoms with van der Waals surface area (Å²) in [5.74, 6) is 2.62. The van der Waals surface area contributed by atoms with Gasteiger partial charge in [-0.3, -0.25) is 4.99 Å². The Kier molecular flexibility index (Phi) is 2.45. The monoisotopic (exact) mass is 263 g/mol. The molecular weight excluding hydrogens is 238 g/mol. The minimum absolute atomic E-state index is 0.452. The average molecular weight is 263 g/mol. The Balaban J connectivity index is 1.43. The Labute approximate surface area is 115 Å². The third-order valence-corrected chi connectivity index (χ3v) is 5.78. The van der Waals surface area contributed by atoms with Gasteiger partial charge >= 0.3 is 0 Å². The quantitative estimate of drug-likeness (QED) is 0.575. The lowest BCUT2D eigenvalue weighted by Gasteiger charge is -2.24. The molecule has 5 unspecified atom stereocenters.